The first kappa shape index (κ1) is 28.4. The maximum atomic E-state index is 4.50. The Morgan fingerprint density at radius 3 is 1.29 bits per heavy atom. The van der Waals surface area contributed by atoms with Gasteiger partial charge in [-0.15, -0.1) is 0 Å². The highest BCUT2D eigenvalue weighted by Gasteiger charge is 1.35. The largest absolute Gasteiger partial charge is 0.344 e. The highest BCUT2D eigenvalue weighted by Crippen LogP contribution is 1.56. The summed E-state index contributed by atoms with van der Waals surface area (Å²) in [6, 6.07) is 0. The normalized spacial score (nSPS) is 3.43. The average molecular weight is 111 g/mol. The van der Waals surface area contributed by atoms with Crippen molar-refractivity contribution in [3.63, 3.8) is 0 Å². The van der Waals surface area contributed by atoms with Crippen molar-refractivity contribution in [1.82, 2.24) is 6.15 Å². The van der Waals surface area contributed by atoms with E-state index in [-0.39, 0.29) is 15.0 Å². The van der Waals surface area contributed by atoms with E-state index in [9.17, 15) is 0 Å². The molecule has 0 radical (unpaired) electrons. The fourth-order valence-corrected chi connectivity index (χ4v) is 0. The second kappa shape index (κ2) is 169. The Labute approximate surface area is 49.2 Å². The molecule has 0 saturated carbocycles. The fraction of sp³-hybridized carbons (Fsp3) is 1.00. The second-order valence-corrected chi connectivity index (χ2v) is 0.707. The molecule has 0 spiro atoms. The molecule has 0 unspecified atom stereocenters. The Balaban J connectivity index is -0.00000000567. The molecule has 0 aromatic carbocycles. The van der Waals surface area contributed by atoms with Crippen molar-refractivity contribution < 1.29 is 1.43 Å². The fourth-order valence-electron chi connectivity index (χ4n) is 0. The Morgan fingerprint density at radius 1 is 1.29 bits per heavy atom. The third-order valence-corrected chi connectivity index (χ3v) is 0. The van der Waals surface area contributed by atoms with Crippen molar-refractivity contribution in [2.75, 3.05) is 7.05 Å². The summed E-state index contributed by atoms with van der Waals surface area (Å²) in [4.78, 5) is 0. The molecule has 0 atom stereocenters. The van der Waals surface area contributed by atoms with Crippen LogP contribution in [0.4, 0.5) is 0 Å². The molecule has 2 nitrogen and oxygen atoms in total. The molecule has 0 saturated heterocycles. The minimum absolute atomic E-state index is 0. The molecule has 52 valence electrons. The van der Waals surface area contributed by atoms with Gasteiger partial charge in [0.15, 0.2) is 0 Å². The standard InChI is InChI=1S/C3H8.CH5N.CH4.H3N.H2/c1-3-2;1-2;;;/h3H2,1-2H3;2H2,1H3;1H4;1H3;1H/i;;;;1+1. The third-order valence-electron chi connectivity index (χ3n) is 0. The summed E-state index contributed by atoms with van der Waals surface area (Å²) in [6.07, 6.45) is 1.25. The molecule has 0 aromatic rings. The van der Waals surface area contributed by atoms with Gasteiger partial charge in [-0.3, -0.25) is 0 Å². The van der Waals surface area contributed by atoms with Gasteiger partial charge in [-0.2, -0.15) is 0 Å². The number of hydrogen-bond acceptors (Lipinski definition) is 2. The van der Waals surface area contributed by atoms with E-state index >= 15 is 0 Å². The van der Waals surface area contributed by atoms with Gasteiger partial charge in [0.2, 0.25) is 0 Å². The molecule has 0 aromatic heterocycles. The molecule has 0 bridgehead atoms. The minimum Gasteiger partial charge on any atom is -0.344 e. The Kier molecular flexibility index (Phi) is 688. The van der Waals surface area contributed by atoms with Crippen molar-refractivity contribution in [3.8, 4) is 0 Å². The highest BCUT2D eigenvalue weighted by molar-refractivity contribution is 3.92. The summed E-state index contributed by atoms with van der Waals surface area (Å²) in [5.41, 5.74) is 4.50. The lowest BCUT2D eigenvalue weighted by Crippen LogP contribution is -1.69. The molecule has 0 aliphatic rings. The van der Waals surface area contributed by atoms with E-state index in [2.05, 4.69) is 19.6 Å². The van der Waals surface area contributed by atoms with Crippen molar-refractivity contribution >= 4 is 0 Å². The predicted octanol–water partition coefficient (Wildman–Crippen LogP) is 2.04. The van der Waals surface area contributed by atoms with Crippen molar-refractivity contribution in [2.45, 2.75) is 27.7 Å². The number of hydrogen-bond donors (Lipinski definition) is 2. The molecule has 0 fully saturated rings. The average Bonchev–Trinajstić information content (AvgIpc) is 1.46. The molecule has 7 heavy (non-hydrogen) atoms. The molecule has 5 N–H and O–H groups in total. The van der Waals surface area contributed by atoms with Gasteiger partial charge in [-0.25, -0.2) is 0 Å². The zero-order valence-electron chi connectivity index (χ0n) is 4.99. The van der Waals surface area contributed by atoms with E-state index < -0.39 is 0 Å². The molecule has 0 rings (SSSR count). The van der Waals surface area contributed by atoms with E-state index in [1.165, 1.54) is 13.5 Å². The second-order valence-electron chi connectivity index (χ2n) is 0.707. The van der Waals surface area contributed by atoms with Crippen LogP contribution in [-0.2, 0) is 0 Å². The summed E-state index contributed by atoms with van der Waals surface area (Å²) in [5.74, 6) is 0. The van der Waals surface area contributed by atoms with Gasteiger partial charge in [-0.1, -0.05) is 27.7 Å². The van der Waals surface area contributed by atoms with E-state index in [0.29, 0.717) is 0 Å². The molecule has 0 aliphatic carbocycles. The lowest BCUT2D eigenvalue weighted by Gasteiger charge is -1.48. The maximum Gasteiger partial charge on any atom is 0 e. The quantitative estimate of drug-likeness (QED) is 0.502. The summed E-state index contributed by atoms with van der Waals surface area (Å²) in [7, 11) is 1.50. The van der Waals surface area contributed by atoms with E-state index in [4.69, 9.17) is 0 Å². The number of nitrogens with two attached hydrogens (primary N) is 1. The molecule has 0 aliphatic heterocycles. The Morgan fingerprint density at radius 2 is 1.29 bits per heavy atom. The topological polar surface area (TPSA) is 61.0 Å². The van der Waals surface area contributed by atoms with Crippen LogP contribution < -0.4 is 11.9 Å². The predicted molar refractivity (Wildman–Crippen MR) is 39.9 cm³/mol. The van der Waals surface area contributed by atoms with E-state index in [0.717, 1.165) is 0 Å². The van der Waals surface area contributed by atoms with Gasteiger partial charge < -0.3 is 11.9 Å². The van der Waals surface area contributed by atoms with Gasteiger partial charge in [0.25, 0.3) is 0 Å². The lowest BCUT2D eigenvalue weighted by molar-refractivity contribution is 1.09. The van der Waals surface area contributed by atoms with Gasteiger partial charge in [0, 0.05) is 1.43 Å². The van der Waals surface area contributed by atoms with Crippen molar-refractivity contribution in [2.24, 2.45) is 5.73 Å². The summed E-state index contributed by atoms with van der Waals surface area (Å²) < 4.78 is 0. The first-order valence-corrected chi connectivity index (χ1v) is 1.99. The SMILES string of the molecule is C.CCC.CN.N.[2HH]. The lowest BCUT2D eigenvalue weighted by atomic mass is 10.6. The van der Waals surface area contributed by atoms with E-state index in [1.54, 1.807) is 0 Å². The van der Waals surface area contributed by atoms with Crippen LogP contribution in [0.25, 0.3) is 0 Å². The minimum atomic E-state index is 0. The first-order chi connectivity index (χ1) is 2.41. The first-order valence-electron chi connectivity index (χ1n) is 1.99. The van der Waals surface area contributed by atoms with Gasteiger partial charge >= 0.3 is 0 Å². The summed E-state index contributed by atoms with van der Waals surface area (Å²) in [6.45, 7) is 4.25. The third kappa shape index (κ3) is 14200. The number of rotatable bonds is 0. The molecular weight excluding hydrogens is 88.1 g/mol. The van der Waals surface area contributed by atoms with Gasteiger partial charge in [-0.05, 0) is 7.05 Å². The Bertz CT molecular complexity index is 10.4. The van der Waals surface area contributed by atoms with Crippen LogP contribution in [0.2, 0.25) is 0 Å². The monoisotopic (exact) mass is 111 g/mol. The van der Waals surface area contributed by atoms with Gasteiger partial charge in [0.05, 0.1) is 0 Å². The molecule has 0 heterocycles. The zero-order chi connectivity index (χ0) is 4.71. The Hall–Kier alpha value is -0.0800. The molecule has 0 amide bonds. The summed E-state index contributed by atoms with van der Waals surface area (Å²) in [5, 5.41) is 0. The molecular formula is C5H22N2. The zero-order valence-corrected chi connectivity index (χ0v) is 4.99. The van der Waals surface area contributed by atoms with Crippen molar-refractivity contribution in [3.05, 3.63) is 0 Å². The van der Waals surface area contributed by atoms with Gasteiger partial charge in [0.1, 0.15) is 0 Å². The smallest absolute Gasteiger partial charge is 0 e. The van der Waals surface area contributed by atoms with Crippen LogP contribution in [-0.4, -0.2) is 7.05 Å². The van der Waals surface area contributed by atoms with Crippen LogP contribution in [0.5, 0.6) is 0 Å². The van der Waals surface area contributed by atoms with Crippen LogP contribution >= 0.6 is 0 Å². The van der Waals surface area contributed by atoms with Crippen LogP contribution in [0.1, 0.15) is 29.1 Å². The summed E-state index contributed by atoms with van der Waals surface area (Å²) >= 11 is 0. The van der Waals surface area contributed by atoms with E-state index in [1.807, 2.05) is 0 Å². The van der Waals surface area contributed by atoms with Crippen molar-refractivity contribution in [1.29, 1.82) is 0 Å². The highest BCUT2D eigenvalue weighted by atomic mass is 14.4. The van der Waals surface area contributed by atoms with Crippen LogP contribution in [0.15, 0.2) is 0 Å². The maximum absolute atomic E-state index is 4.50. The molecule has 2 heteroatoms. The van der Waals surface area contributed by atoms with Crippen LogP contribution in [0.3, 0.4) is 0 Å². The van der Waals surface area contributed by atoms with Crippen LogP contribution in [0, 0.1) is 0 Å².